The Morgan fingerprint density at radius 1 is 1.00 bits per heavy atom. The van der Waals surface area contributed by atoms with E-state index in [1.165, 1.54) is 0 Å². The average Bonchev–Trinajstić information content (AvgIpc) is 3.09. The van der Waals surface area contributed by atoms with Gasteiger partial charge >= 0.3 is 0 Å². The highest BCUT2D eigenvalue weighted by Crippen LogP contribution is 2.24. The van der Waals surface area contributed by atoms with Crippen LogP contribution in [0.15, 0.2) is 65.8 Å². The summed E-state index contributed by atoms with van der Waals surface area (Å²) in [5.74, 6) is 1.60. The Labute approximate surface area is 134 Å². The summed E-state index contributed by atoms with van der Waals surface area (Å²) in [5, 5.41) is 4.29. The highest BCUT2D eigenvalue weighted by molar-refractivity contribution is 8.00. The van der Waals surface area contributed by atoms with Crippen LogP contribution in [0.1, 0.15) is 23.5 Å². The van der Waals surface area contributed by atoms with Gasteiger partial charge in [-0.2, -0.15) is 16.9 Å². The van der Waals surface area contributed by atoms with Crippen LogP contribution < -0.4 is 5.43 Å². The average molecular weight is 310 g/mol. The molecule has 3 rings (SSSR count). The summed E-state index contributed by atoms with van der Waals surface area (Å²) in [5.41, 5.74) is 5.78. The van der Waals surface area contributed by atoms with Gasteiger partial charge in [0.25, 0.3) is 5.91 Å². The fourth-order valence-corrected chi connectivity index (χ4v) is 3.49. The second-order valence-electron chi connectivity index (χ2n) is 5.21. The molecule has 1 aliphatic rings. The number of nitrogens with one attached hydrogen (secondary N) is 1. The minimum absolute atomic E-state index is 0.0817. The largest absolute Gasteiger partial charge is 0.272 e. The van der Waals surface area contributed by atoms with E-state index in [1.54, 1.807) is 0 Å². The number of carbonyl (C=O) groups is 1. The molecular formula is C18H18N2OS. The molecule has 0 saturated carbocycles. The number of carbonyl (C=O) groups excluding carboxylic acids is 1. The molecule has 1 fully saturated rings. The number of nitrogens with zero attached hydrogens (tertiary/aromatic N) is 1. The highest BCUT2D eigenvalue weighted by atomic mass is 32.2. The molecule has 1 amide bonds. The van der Waals surface area contributed by atoms with Crippen LogP contribution in [0.25, 0.3) is 0 Å². The van der Waals surface area contributed by atoms with Crippen LogP contribution in [0.3, 0.4) is 0 Å². The van der Waals surface area contributed by atoms with Crippen LogP contribution in [0, 0.1) is 0 Å². The van der Waals surface area contributed by atoms with Crippen molar-refractivity contribution in [3.05, 3.63) is 71.8 Å². The van der Waals surface area contributed by atoms with Gasteiger partial charge in [-0.3, -0.25) is 4.79 Å². The molecule has 1 heterocycles. The maximum atomic E-state index is 12.7. The second kappa shape index (κ2) is 7.27. The summed E-state index contributed by atoms with van der Waals surface area (Å²) in [6, 6.07) is 19.7. The van der Waals surface area contributed by atoms with Crippen molar-refractivity contribution in [1.82, 2.24) is 5.43 Å². The van der Waals surface area contributed by atoms with E-state index in [0.29, 0.717) is 0 Å². The van der Waals surface area contributed by atoms with Crippen molar-refractivity contribution in [2.24, 2.45) is 5.10 Å². The summed E-state index contributed by atoms with van der Waals surface area (Å²) in [6.07, 6.45) is 0.965. The Balaban J connectivity index is 1.85. The van der Waals surface area contributed by atoms with Gasteiger partial charge in [0.2, 0.25) is 0 Å². The van der Waals surface area contributed by atoms with E-state index in [1.807, 2.05) is 72.4 Å². The molecule has 112 valence electrons. The number of hydrogen-bond acceptors (Lipinski definition) is 3. The van der Waals surface area contributed by atoms with Gasteiger partial charge in [-0.15, -0.1) is 0 Å². The third kappa shape index (κ3) is 3.57. The Hall–Kier alpha value is -2.07. The molecule has 0 aliphatic carbocycles. The fraction of sp³-hybridized carbons (Fsp3) is 0.222. The van der Waals surface area contributed by atoms with Crippen LogP contribution >= 0.6 is 11.8 Å². The Morgan fingerprint density at radius 2 is 1.59 bits per heavy atom. The summed E-state index contributed by atoms with van der Waals surface area (Å²) >= 11 is 1.85. The molecule has 0 unspecified atom stereocenters. The second-order valence-corrected chi connectivity index (χ2v) is 6.32. The molecule has 0 aromatic heterocycles. The predicted octanol–water partition coefficient (Wildman–Crippen LogP) is 3.43. The van der Waals surface area contributed by atoms with Gasteiger partial charge in [0.15, 0.2) is 0 Å². The van der Waals surface area contributed by atoms with Crippen molar-refractivity contribution < 1.29 is 4.79 Å². The zero-order chi connectivity index (χ0) is 15.2. The summed E-state index contributed by atoms with van der Waals surface area (Å²) < 4.78 is 0. The molecule has 3 nitrogen and oxygen atoms in total. The lowest BCUT2D eigenvalue weighted by Gasteiger charge is -2.16. The SMILES string of the molecule is O=C(NN=C1CCSC1)C(c1ccccc1)c1ccccc1. The summed E-state index contributed by atoms with van der Waals surface area (Å²) in [7, 11) is 0. The number of hydrazone groups is 1. The van der Waals surface area contributed by atoms with Gasteiger partial charge in [0.1, 0.15) is 0 Å². The number of benzene rings is 2. The van der Waals surface area contributed by atoms with E-state index in [2.05, 4.69) is 10.5 Å². The first kappa shape index (κ1) is 14.9. The lowest BCUT2D eigenvalue weighted by molar-refractivity contribution is -0.121. The third-order valence-electron chi connectivity index (χ3n) is 3.66. The zero-order valence-electron chi connectivity index (χ0n) is 12.2. The van der Waals surface area contributed by atoms with Crippen molar-refractivity contribution in [2.75, 3.05) is 11.5 Å². The van der Waals surface area contributed by atoms with Gasteiger partial charge in [0, 0.05) is 11.5 Å². The highest BCUT2D eigenvalue weighted by Gasteiger charge is 2.22. The summed E-state index contributed by atoms with van der Waals surface area (Å²) in [4.78, 5) is 12.7. The van der Waals surface area contributed by atoms with Gasteiger partial charge in [0.05, 0.1) is 5.92 Å². The van der Waals surface area contributed by atoms with E-state index in [9.17, 15) is 4.79 Å². The monoisotopic (exact) mass is 310 g/mol. The topological polar surface area (TPSA) is 41.5 Å². The lowest BCUT2D eigenvalue weighted by Crippen LogP contribution is -2.27. The Bertz CT molecular complexity index is 608. The summed E-state index contributed by atoms with van der Waals surface area (Å²) in [6.45, 7) is 0. The molecular weight excluding hydrogens is 292 g/mol. The molecule has 0 atom stereocenters. The molecule has 0 bridgehead atoms. The zero-order valence-corrected chi connectivity index (χ0v) is 13.1. The molecule has 2 aromatic carbocycles. The maximum Gasteiger partial charge on any atom is 0.252 e. The number of thioether (sulfide) groups is 1. The normalized spacial score (nSPS) is 16.1. The maximum absolute atomic E-state index is 12.7. The van der Waals surface area contributed by atoms with E-state index >= 15 is 0 Å². The Morgan fingerprint density at radius 3 is 2.09 bits per heavy atom. The first-order valence-corrected chi connectivity index (χ1v) is 8.53. The predicted molar refractivity (Wildman–Crippen MR) is 92.2 cm³/mol. The van der Waals surface area contributed by atoms with Crippen molar-refractivity contribution in [3.8, 4) is 0 Å². The van der Waals surface area contributed by atoms with Crippen molar-refractivity contribution in [1.29, 1.82) is 0 Å². The quantitative estimate of drug-likeness (QED) is 0.879. The van der Waals surface area contributed by atoms with E-state index in [4.69, 9.17) is 0 Å². The van der Waals surface area contributed by atoms with Crippen LogP contribution in [0.2, 0.25) is 0 Å². The number of amides is 1. The van der Waals surface area contributed by atoms with Gasteiger partial charge < -0.3 is 0 Å². The fourth-order valence-electron chi connectivity index (χ4n) is 2.53. The molecule has 0 radical (unpaired) electrons. The van der Waals surface area contributed by atoms with Crippen LogP contribution in [-0.2, 0) is 4.79 Å². The smallest absolute Gasteiger partial charge is 0.252 e. The van der Waals surface area contributed by atoms with Gasteiger partial charge in [-0.05, 0) is 23.3 Å². The van der Waals surface area contributed by atoms with Crippen LogP contribution in [-0.4, -0.2) is 23.1 Å². The van der Waals surface area contributed by atoms with E-state index in [0.717, 1.165) is 34.8 Å². The number of rotatable bonds is 4. The molecule has 1 saturated heterocycles. The first-order valence-electron chi connectivity index (χ1n) is 7.37. The molecule has 1 N–H and O–H groups in total. The van der Waals surface area contributed by atoms with Gasteiger partial charge in [-0.25, -0.2) is 5.43 Å². The van der Waals surface area contributed by atoms with Gasteiger partial charge in [-0.1, -0.05) is 60.7 Å². The van der Waals surface area contributed by atoms with E-state index in [-0.39, 0.29) is 11.8 Å². The third-order valence-corrected chi connectivity index (χ3v) is 4.69. The van der Waals surface area contributed by atoms with Crippen molar-refractivity contribution in [3.63, 3.8) is 0 Å². The van der Waals surface area contributed by atoms with Crippen LogP contribution in [0.4, 0.5) is 0 Å². The molecule has 4 heteroatoms. The van der Waals surface area contributed by atoms with E-state index < -0.39 is 0 Å². The first-order chi connectivity index (χ1) is 10.8. The number of hydrogen-bond donors (Lipinski definition) is 1. The Kier molecular flexibility index (Phi) is 4.91. The van der Waals surface area contributed by atoms with Crippen molar-refractivity contribution in [2.45, 2.75) is 12.3 Å². The minimum atomic E-state index is -0.333. The standard InChI is InChI=1S/C18H18N2OS/c21-18(20-19-16-11-12-22-13-16)17(14-7-3-1-4-8-14)15-9-5-2-6-10-15/h1-10,17H,11-13H2,(H,20,21). The molecule has 2 aromatic rings. The lowest BCUT2D eigenvalue weighted by atomic mass is 9.91. The van der Waals surface area contributed by atoms with Crippen molar-refractivity contribution >= 4 is 23.4 Å². The molecule has 0 spiro atoms. The molecule has 1 aliphatic heterocycles. The molecule has 22 heavy (non-hydrogen) atoms. The minimum Gasteiger partial charge on any atom is -0.272 e. The van der Waals surface area contributed by atoms with Crippen LogP contribution in [0.5, 0.6) is 0 Å².